The van der Waals surface area contributed by atoms with E-state index in [2.05, 4.69) is 11.4 Å². The van der Waals surface area contributed by atoms with Crippen LogP contribution in [0.4, 0.5) is 10.5 Å². The van der Waals surface area contributed by atoms with Gasteiger partial charge in [-0.1, -0.05) is 66.2 Å². The van der Waals surface area contributed by atoms with Crippen molar-refractivity contribution in [1.82, 2.24) is 4.90 Å². The van der Waals surface area contributed by atoms with Crippen LogP contribution in [0.5, 0.6) is 0 Å². The fourth-order valence-electron chi connectivity index (χ4n) is 5.29. The molecule has 3 aromatic carbocycles. The van der Waals surface area contributed by atoms with E-state index in [0.717, 1.165) is 53.6 Å². The molecule has 0 radical (unpaired) electrons. The minimum Gasteiger partial charge on any atom is -0.478 e. The Morgan fingerprint density at radius 3 is 2.40 bits per heavy atom. The van der Waals surface area contributed by atoms with E-state index in [0.29, 0.717) is 30.8 Å². The molecule has 2 N–H and O–H groups in total. The zero-order valence-corrected chi connectivity index (χ0v) is 23.7. The molecule has 1 aliphatic carbocycles. The molecule has 2 amide bonds. The minimum absolute atomic E-state index is 0.00802. The van der Waals surface area contributed by atoms with Gasteiger partial charge in [0.25, 0.3) is 0 Å². The highest BCUT2D eigenvalue weighted by atomic mass is 16.5. The van der Waals surface area contributed by atoms with Crippen LogP contribution in [0.15, 0.2) is 66.7 Å². The first-order valence-corrected chi connectivity index (χ1v) is 14.0. The Kier molecular flexibility index (Phi) is 10.3. The lowest BCUT2D eigenvalue weighted by atomic mass is 9.94. The van der Waals surface area contributed by atoms with Gasteiger partial charge in [0.15, 0.2) is 0 Å². The zero-order chi connectivity index (χ0) is 28.5. The number of aryl methyl sites for hydroxylation is 3. The van der Waals surface area contributed by atoms with Gasteiger partial charge in [-0.25, -0.2) is 9.59 Å². The number of hydrogen-bond acceptors (Lipinski definition) is 4. The van der Waals surface area contributed by atoms with Crippen LogP contribution in [0.25, 0.3) is 0 Å². The van der Waals surface area contributed by atoms with Crippen molar-refractivity contribution in [3.05, 3.63) is 100 Å². The second kappa shape index (κ2) is 14.1. The number of para-hydroxylation sites is 1. The first-order chi connectivity index (χ1) is 19.3. The van der Waals surface area contributed by atoms with E-state index in [1.54, 1.807) is 17.9 Å². The summed E-state index contributed by atoms with van der Waals surface area (Å²) in [6, 6.07) is 21.3. The molecule has 0 spiro atoms. The molecule has 2 unspecified atom stereocenters. The third-order valence-corrected chi connectivity index (χ3v) is 7.47. The molecule has 40 heavy (non-hydrogen) atoms. The van der Waals surface area contributed by atoms with Crippen molar-refractivity contribution < 1.29 is 24.2 Å². The van der Waals surface area contributed by atoms with Crippen molar-refractivity contribution >= 4 is 17.7 Å². The summed E-state index contributed by atoms with van der Waals surface area (Å²) < 4.78 is 12.4. The Morgan fingerprint density at radius 2 is 1.65 bits per heavy atom. The second-order valence-electron chi connectivity index (χ2n) is 10.7. The van der Waals surface area contributed by atoms with Gasteiger partial charge in [-0.2, -0.15) is 0 Å². The van der Waals surface area contributed by atoms with Gasteiger partial charge in [0, 0.05) is 18.8 Å². The largest absolute Gasteiger partial charge is 0.478 e. The Bertz CT molecular complexity index is 1310. The van der Waals surface area contributed by atoms with E-state index in [1.165, 1.54) is 0 Å². The lowest BCUT2D eigenvalue weighted by Gasteiger charge is -2.30. The Labute approximate surface area is 237 Å². The number of anilines is 1. The standard InChI is InChI=1S/C33H40N2O5/c1-23-9-6-12-26(19-23)21-35(33(38)34-30-16-5-4-10-24(30)2)17-18-39-28-14-8-15-29(20-28)40-22-27-13-7-11-25(3)31(27)32(36)37/h4-7,9-13,16,19,28-29H,8,14-15,17-18,20-22H2,1-3H3,(H,34,38)(H,36,37). The summed E-state index contributed by atoms with van der Waals surface area (Å²) in [5.41, 5.74) is 5.79. The van der Waals surface area contributed by atoms with Crippen molar-refractivity contribution in [2.75, 3.05) is 18.5 Å². The molecule has 2 atom stereocenters. The molecule has 7 nitrogen and oxygen atoms in total. The number of nitrogens with one attached hydrogen (secondary N) is 1. The molecule has 0 aromatic heterocycles. The lowest BCUT2D eigenvalue weighted by molar-refractivity contribution is -0.0524. The van der Waals surface area contributed by atoms with Crippen LogP contribution < -0.4 is 5.32 Å². The lowest BCUT2D eigenvalue weighted by Crippen LogP contribution is -2.38. The monoisotopic (exact) mass is 544 g/mol. The summed E-state index contributed by atoms with van der Waals surface area (Å²) >= 11 is 0. The summed E-state index contributed by atoms with van der Waals surface area (Å²) in [4.78, 5) is 26.8. The molecule has 1 fully saturated rings. The average Bonchev–Trinajstić information content (AvgIpc) is 2.92. The molecule has 212 valence electrons. The highest BCUT2D eigenvalue weighted by Gasteiger charge is 2.25. The van der Waals surface area contributed by atoms with Crippen molar-refractivity contribution in [3.63, 3.8) is 0 Å². The number of rotatable bonds is 11. The number of benzene rings is 3. The van der Waals surface area contributed by atoms with E-state index in [9.17, 15) is 14.7 Å². The molecule has 1 saturated carbocycles. The van der Waals surface area contributed by atoms with Gasteiger partial charge in [0.2, 0.25) is 0 Å². The molecule has 4 rings (SSSR count). The summed E-state index contributed by atoms with van der Waals surface area (Å²) in [6.07, 6.45) is 3.64. The van der Waals surface area contributed by atoms with E-state index in [4.69, 9.17) is 9.47 Å². The SMILES string of the molecule is Cc1cccc(CN(CCOC2CCCC(OCc3cccc(C)c3C(=O)O)C2)C(=O)Nc2ccccc2C)c1. The van der Waals surface area contributed by atoms with Crippen LogP contribution in [0.3, 0.4) is 0 Å². The van der Waals surface area contributed by atoms with Crippen LogP contribution >= 0.6 is 0 Å². The maximum absolute atomic E-state index is 13.3. The number of carbonyl (C=O) groups excluding carboxylic acids is 1. The molecule has 0 bridgehead atoms. The predicted octanol–water partition coefficient (Wildman–Crippen LogP) is 6.89. The summed E-state index contributed by atoms with van der Waals surface area (Å²) in [6.45, 7) is 7.47. The summed E-state index contributed by atoms with van der Waals surface area (Å²) in [5.74, 6) is -0.928. The zero-order valence-electron chi connectivity index (χ0n) is 23.7. The number of urea groups is 1. The van der Waals surface area contributed by atoms with Crippen molar-refractivity contribution in [2.45, 2.75) is 71.8 Å². The minimum atomic E-state index is -0.928. The molecular weight excluding hydrogens is 504 g/mol. The molecule has 0 saturated heterocycles. The number of carboxylic acid groups (broad SMARTS) is 1. The van der Waals surface area contributed by atoms with Gasteiger partial charge in [-0.05, 0) is 74.8 Å². The first kappa shape index (κ1) is 29.3. The van der Waals surface area contributed by atoms with Gasteiger partial charge in [0.05, 0.1) is 31.0 Å². The quantitative estimate of drug-likeness (QED) is 0.274. The van der Waals surface area contributed by atoms with E-state index in [-0.39, 0.29) is 24.8 Å². The normalized spacial score (nSPS) is 16.9. The summed E-state index contributed by atoms with van der Waals surface area (Å²) in [7, 11) is 0. The number of amides is 2. The van der Waals surface area contributed by atoms with E-state index in [1.807, 2.05) is 68.4 Å². The Hall–Kier alpha value is -3.68. The third kappa shape index (κ3) is 8.16. The van der Waals surface area contributed by atoms with Gasteiger partial charge in [-0.3, -0.25) is 0 Å². The van der Waals surface area contributed by atoms with Crippen molar-refractivity contribution in [1.29, 1.82) is 0 Å². The first-order valence-electron chi connectivity index (χ1n) is 14.0. The fraction of sp³-hybridized carbons (Fsp3) is 0.394. The van der Waals surface area contributed by atoms with E-state index < -0.39 is 5.97 Å². The summed E-state index contributed by atoms with van der Waals surface area (Å²) in [5, 5.41) is 12.7. The van der Waals surface area contributed by atoms with Gasteiger partial charge in [-0.15, -0.1) is 0 Å². The predicted molar refractivity (Wildman–Crippen MR) is 157 cm³/mol. The van der Waals surface area contributed by atoms with E-state index >= 15 is 0 Å². The number of aromatic carboxylic acids is 1. The Balaban J connectivity index is 1.33. The number of nitrogens with zero attached hydrogens (tertiary/aromatic N) is 1. The van der Waals surface area contributed by atoms with Crippen molar-refractivity contribution in [3.8, 4) is 0 Å². The number of ether oxygens (including phenoxy) is 2. The highest BCUT2D eigenvalue weighted by Crippen LogP contribution is 2.26. The van der Waals surface area contributed by atoms with Crippen LogP contribution in [0.1, 0.15) is 63.9 Å². The number of carbonyl (C=O) groups is 2. The number of carboxylic acids is 1. The number of hydrogen-bond donors (Lipinski definition) is 2. The Morgan fingerprint density at radius 1 is 0.925 bits per heavy atom. The topological polar surface area (TPSA) is 88.1 Å². The molecule has 7 heteroatoms. The average molecular weight is 545 g/mol. The molecular formula is C33H40N2O5. The van der Waals surface area contributed by atoms with Crippen LogP contribution in [-0.4, -0.2) is 47.4 Å². The molecule has 0 aliphatic heterocycles. The molecule has 0 heterocycles. The maximum atomic E-state index is 13.3. The second-order valence-corrected chi connectivity index (χ2v) is 10.7. The van der Waals surface area contributed by atoms with Gasteiger partial charge >= 0.3 is 12.0 Å². The van der Waals surface area contributed by atoms with Crippen LogP contribution in [-0.2, 0) is 22.6 Å². The fourth-order valence-corrected chi connectivity index (χ4v) is 5.29. The smallest absolute Gasteiger partial charge is 0.336 e. The van der Waals surface area contributed by atoms with Crippen LogP contribution in [0, 0.1) is 20.8 Å². The molecule has 1 aliphatic rings. The highest BCUT2D eigenvalue weighted by molar-refractivity contribution is 5.91. The van der Waals surface area contributed by atoms with Gasteiger partial charge in [0.1, 0.15) is 0 Å². The van der Waals surface area contributed by atoms with Crippen LogP contribution in [0.2, 0.25) is 0 Å². The maximum Gasteiger partial charge on any atom is 0.336 e. The van der Waals surface area contributed by atoms with Crippen molar-refractivity contribution in [2.24, 2.45) is 0 Å². The third-order valence-electron chi connectivity index (χ3n) is 7.47. The van der Waals surface area contributed by atoms with Gasteiger partial charge < -0.3 is 24.8 Å². The molecule has 3 aromatic rings.